The van der Waals surface area contributed by atoms with Gasteiger partial charge in [-0.25, -0.2) is 9.78 Å². The van der Waals surface area contributed by atoms with E-state index < -0.39 is 5.97 Å². The molecular formula is C18H15NO4. The maximum Gasteiger partial charge on any atom is 0.336 e. The Morgan fingerprint density at radius 2 is 1.65 bits per heavy atom. The van der Waals surface area contributed by atoms with Gasteiger partial charge in [-0.05, 0) is 24.3 Å². The van der Waals surface area contributed by atoms with Gasteiger partial charge in [-0.2, -0.15) is 0 Å². The molecule has 0 saturated heterocycles. The van der Waals surface area contributed by atoms with Gasteiger partial charge < -0.3 is 14.6 Å². The van der Waals surface area contributed by atoms with Crippen molar-refractivity contribution in [3.05, 3.63) is 54.1 Å². The standard InChI is InChI=1S/C18H15NO4/c1-22-12-7-11(8-13(9-12)23-2)17-10-15(18(20)21)14-5-3-4-6-16(14)19-17/h3-10H,1-2H3,(H,20,21). The number of carboxylic acid groups (broad SMARTS) is 1. The minimum atomic E-state index is -0.986. The third-order valence-electron chi connectivity index (χ3n) is 3.59. The van der Waals surface area contributed by atoms with Gasteiger partial charge in [0.05, 0.1) is 31.0 Å². The molecular weight excluding hydrogens is 294 g/mol. The van der Waals surface area contributed by atoms with E-state index >= 15 is 0 Å². The third-order valence-corrected chi connectivity index (χ3v) is 3.59. The first-order valence-corrected chi connectivity index (χ1v) is 6.99. The lowest BCUT2D eigenvalue weighted by Crippen LogP contribution is -2.00. The second-order valence-corrected chi connectivity index (χ2v) is 4.98. The molecule has 1 N–H and O–H groups in total. The summed E-state index contributed by atoms with van der Waals surface area (Å²) in [7, 11) is 3.13. The summed E-state index contributed by atoms with van der Waals surface area (Å²) in [6.07, 6.45) is 0. The Morgan fingerprint density at radius 1 is 1.00 bits per heavy atom. The molecule has 3 aromatic rings. The molecule has 0 unspecified atom stereocenters. The minimum Gasteiger partial charge on any atom is -0.497 e. The summed E-state index contributed by atoms with van der Waals surface area (Å²) in [4.78, 5) is 16.1. The number of carboxylic acids is 1. The summed E-state index contributed by atoms with van der Waals surface area (Å²) < 4.78 is 10.5. The van der Waals surface area contributed by atoms with Crippen LogP contribution in [0, 0.1) is 0 Å². The van der Waals surface area contributed by atoms with Crippen LogP contribution in [-0.4, -0.2) is 30.3 Å². The molecule has 23 heavy (non-hydrogen) atoms. The Labute approximate surface area is 133 Å². The molecule has 0 bridgehead atoms. The van der Waals surface area contributed by atoms with E-state index in [4.69, 9.17) is 9.47 Å². The van der Waals surface area contributed by atoms with Crippen LogP contribution in [0.3, 0.4) is 0 Å². The van der Waals surface area contributed by atoms with Crippen LogP contribution in [-0.2, 0) is 0 Å². The first kappa shape index (κ1) is 14.8. The molecule has 0 aliphatic rings. The highest BCUT2D eigenvalue weighted by atomic mass is 16.5. The Hall–Kier alpha value is -3.08. The highest BCUT2D eigenvalue weighted by Gasteiger charge is 2.14. The first-order chi connectivity index (χ1) is 11.1. The number of aromatic nitrogens is 1. The lowest BCUT2D eigenvalue weighted by molar-refractivity contribution is 0.0699. The molecule has 0 fully saturated rings. The summed E-state index contributed by atoms with van der Waals surface area (Å²) in [5.74, 6) is 0.247. The Morgan fingerprint density at radius 3 is 2.26 bits per heavy atom. The Kier molecular flexibility index (Phi) is 3.85. The number of hydrogen-bond acceptors (Lipinski definition) is 4. The SMILES string of the molecule is COc1cc(OC)cc(-c2cc(C(=O)O)c3ccccc3n2)c1. The fourth-order valence-electron chi connectivity index (χ4n) is 2.46. The number of para-hydroxylation sites is 1. The van der Waals surface area contributed by atoms with Crippen molar-refractivity contribution < 1.29 is 19.4 Å². The number of aromatic carboxylic acids is 1. The van der Waals surface area contributed by atoms with Crippen molar-refractivity contribution >= 4 is 16.9 Å². The van der Waals surface area contributed by atoms with Gasteiger partial charge in [0.1, 0.15) is 11.5 Å². The molecule has 0 amide bonds. The highest BCUT2D eigenvalue weighted by Crippen LogP contribution is 2.31. The van der Waals surface area contributed by atoms with Crippen molar-refractivity contribution in [1.82, 2.24) is 4.98 Å². The van der Waals surface area contributed by atoms with Crippen molar-refractivity contribution in [2.45, 2.75) is 0 Å². The van der Waals surface area contributed by atoms with E-state index in [-0.39, 0.29) is 5.56 Å². The second-order valence-electron chi connectivity index (χ2n) is 4.98. The lowest BCUT2D eigenvalue weighted by Gasteiger charge is -2.10. The maximum absolute atomic E-state index is 11.6. The van der Waals surface area contributed by atoms with Crippen LogP contribution in [0.5, 0.6) is 11.5 Å². The summed E-state index contributed by atoms with van der Waals surface area (Å²) in [6, 6.07) is 14.1. The molecule has 5 nitrogen and oxygen atoms in total. The van der Waals surface area contributed by atoms with Crippen molar-refractivity contribution in [1.29, 1.82) is 0 Å². The number of ether oxygens (including phenoxy) is 2. The normalized spacial score (nSPS) is 10.5. The van der Waals surface area contributed by atoms with Crippen LogP contribution in [0.25, 0.3) is 22.2 Å². The monoisotopic (exact) mass is 309 g/mol. The summed E-state index contributed by atoms with van der Waals surface area (Å²) in [5, 5.41) is 10.1. The van der Waals surface area contributed by atoms with Crippen molar-refractivity contribution in [2.24, 2.45) is 0 Å². The zero-order valence-corrected chi connectivity index (χ0v) is 12.7. The smallest absolute Gasteiger partial charge is 0.336 e. The first-order valence-electron chi connectivity index (χ1n) is 6.99. The number of rotatable bonds is 4. The van der Waals surface area contributed by atoms with E-state index in [1.165, 1.54) is 0 Å². The molecule has 0 radical (unpaired) electrons. The summed E-state index contributed by atoms with van der Waals surface area (Å²) in [6.45, 7) is 0. The van der Waals surface area contributed by atoms with Gasteiger partial charge in [0.25, 0.3) is 0 Å². The second kappa shape index (κ2) is 5.96. The maximum atomic E-state index is 11.6. The van der Waals surface area contributed by atoms with Crippen LogP contribution in [0.2, 0.25) is 0 Å². The molecule has 0 aliphatic heterocycles. The van der Waals surface area contributed by atoms with Crippen molar-refractivity contribution in [3.63, 3.8) is 0 Å². The van der Waals surface area contributed by atoms with Gasteiger partial charge in [-0.1, -0.05) is 18.2 Å². The van der Waals surface area contributed by atoms with E-state index in [9.17, 15) is 9.90 Å². The quantitative estimate of drug-likeness (QED) is 0.797. The molecule has 1 aromatic heterocycles. The van der Waals surface area contributed by atoms with Crippen LogP contribution in [0.4, 0.5) is 0 Å². The van der Waals surface area contributed by atoms with E-state index in [1.54, 1.807) is 56.7 Å². The number of pyridine rings is 1. The molecule has 5 heteroatoms. The number of hydrogen-bond donors (Lipinski definition) is 1. The number of nitrogens with zero attached hydrogens (tertiary/aromatic N) is 1. The zero-order chi connectivity index (χ0) is 16.4. The van der Waals surface area contributed by atoms with Gasteiger partial charge in [0.15, 0.2) is 0 Å². The third kappa shape index (κ3) is 2.81. The molecule has 3 rings (SSSR count). The van der Waals surface area contributed by atoms with E-state index in [2.05, 4.69) is 4.98 Å². The van der Waals surface area contributed by atoms with Gasteiger partial charge in [0.2, 0.25) is 0 Å². The van der Waals surface area contributed by atoms with E-state index in [0.717, 1.165) is 5.56 Å². The van der Waals surface area contributed by atoms with Gasteiger partial charge >= 0.3 is 5.97 Å². The van der Waals surface area contributed by atoms with E-state index in [0.29, 0.717) is 28.1 Å². The Bertz CT molecular complexity index is 867. The topological polar surface area (TPSA) is 68.7 Å². The fourth-order valence-corrected chi connectivity index (χ4v) is 2.46. The largest absolute Gasteiger partial charge is 0.497 e. The van der Waals surface area contributed by atoms with Crippen LogP contribution in [0.15, 0.2) is 48.5 Å². The number of fused-ring (bicyclic) bond motifs is 1. The molecule has 0 atom stereocenters. The predicted molar refractivity (Wildman–Crippen MR) is 87.2 cm³/mol. The van der Waals surface area contributed by atoms with Crippen molar-refractivity contribution in [2.75, 3.05) is 14.2 Å². The highest BCUT2D eigenvalue weighted by molar-refractivity contribution is 6.03. The summed E-state index contributed by atoms with van der Waals surface area (Å²) in [5.41, 5.74) is 2.13. The minimum absolute atomic E-state index is 0.215. The van der Waals surface area contributed by atoms with Gasteiger partial charge in [-0.15, -0.1) is 0 Å². The molecule has 2 aromatic carbocycles. The molecule has 0 saturated carbocycles. The van der Waals surface area contributed by atoms with E-state index in [1.807, 2.05) is 6.07 Å². The average molecular weight is 309 g/mol. The molecule has 1 heterocycles. The van der Waals surface area contributed by atoms with Crippen LogP contribution < -0.4 is 9.47 Å². The predicted octanol–water partition coefficient (Wildman–Crippen LogP) is 3.62. The average Bonchev–Trinajstić information content (AvgIpc) is 2.60. The Balaban J connectivity index is 2.26. The zero-order valence-electron chi connectivity index (χ0n) is 12.7. The van der Waals surface area contributed by atoms with Crippen LogP contribution >= 0.6 is 0 Å². The number of carbonyl (C=O) groups is 1. The van der Waals surface area contributed by atoms with Crippen LogP contribution in [0.1, 0.15) is 10.4 Å². The van der Waals surface area contributed by atoms with Crippen molar-refractivity contribution in [3.8, 4) is 22.8 Å². The molecule has 0 spiro atoms. The fraction of sp³-hybridized carbons (Fsp3) is 0.111. The lowest BCUT2D eigenvalue weighted by atomic mass is 10.0. The summed E-state index contributed by atoms with van der Waals surface area (Å²) >= 11 is 0. The van der Waals surface area contributed by atoms with Gasteiger partial charge in [0, 0.05) is 17.0 Å². The molecule has 0 aliphatic carbocycles. The molecule has 116 valence electrons. The number of benzene rings is 2. The number of methoxy groups -OCH3 is 2. The van der Waals surface area contributed by atoms with Gasteiger partial charge in [-0.3, -0.25) is 0 Å².